The van der Waals surface area contributed by atoms with E-state index in [1.807, 2.05) is 0 Å². The molecule has 15 heteroatoms. The van der Waals surface area contributed by atoms with Crippen molar-refractivity contribution in [1.82, 2.24) is 16.0 Å². The molecule has 0 spiro atoms. The molecule has 33 heavy (non-hydrogen) atoms. The van der Waals surface area contributed by atoms with Crippen LogP contribution in [0.5, 0.6) is 0 Å². The third kappa shape index (κ3) is 11.4. The summed E-state index contributed by atoms with van der Waals surface area (Å²) in [6.45, 7) is 3.10. The first-order valence-electron chi connectivity index (χ1n) is 9.90. The minimum absolute atomic E-state index is 0.248. The van der Waals surface area contributed by atoms with Crippen LogP contribution in [0.4, 0.5) is 0 Å². The molecule has 0 aromatic carbocycles. The second-order valence-corrected chi connectivity index (χ2v) is 7.64. The van der Waals surface area contributed by atoms with E-state index >= 15 is 0 Å². The molecule has 0 saturated heterocycles. The number of nitrogens with one attached hydrogen (secondary N) is 3. The van der Waals surface area contributed by atoms with Crippen LogP contribution >= 0.6 is 0 Å². The standard InChI is InChI=1S/C18H31N7O8/c1-7(2)14(17(31)24-10(18(32)33)6-13(22)28)25-16(30)9(3-4-11(20)26)23-15(29)8(19)5-12(21)27/h7-10,14H,3-6,19H2,1-2H3,(H2,20,26)(H2,21,27)(H2,22,28)(H,23,29)(H,24,31)(H,25,30)(H,32,33). The fourth-order valence-electron chi connectivity index (χ4n) is 2.60. The quantitative estimate of drug-likeness (QED) is 0.114. The van der Waals surface area contributed by atoms with E-state index in [-0.39, 0.29) is 12.8 Å². The van der Waals surface area contributed by atoms with Crippen LogP contribution in [-0.2, 0) is 33.6 Å². The van der Waals surface area contributed by atoms with Crippen LogP contribution < -0.4 is 38.9 Å². The Morgan fingerprint density at radius 2 is 1.24 bits per heavy atom. The number of carboxylic acids is 1. The number of carbonyl (C=O) groups is 7. The monoisotopic (exact) mass is 473 g/mol. The molecule has 4 atom stereocenters. The van der Waals surface area contributed by atoms with Gasteiger partial charge in [-0.05, 0) is 12.3 Å². The van der Waals surface area contributed by atoms with Gasteiger partial charge in [-0.15, -0.1) is 0 Å². The second-order valence-electron chi connectivity index (χ2n) is 7.64. The van der Waals surface area contributed by atoms with E-state index in [0.717, 1.165) is 0 Å². The topological polar surface area (TPSA) is 280 Å². The highest BCUT2D eigenvalue weighted by Crippen LogP contribution is 2.07. The van der Waals surface area contributed by atoms with Crippen LogP contribution in [0.1, 0.15) is 39.5 Å². The molecule has 6 amide bonds. The maximum Gasteiger partial charge on any atom is 0.326 e. The lowest BCUT2D eigenvalue weighted by Gasteiger charge is -2.26. The predicted molar refractivity (Wildman–Crippen MR) is 112 cm³/mol. The Kier molecular flexibility index (Phi) is 12.1. The summed E-state index contributed by atoms with van der Waals surface area (Å²) in [6, 6.07) is -5.62. The Bertz CT molecular complexity index is 786. The van der Waals surface area contributed by atoms with Gasteiger partial charge in [-0.1, -0.05) is 13.8 Å². The van der Waals surface area contributed by atoms with Crippen molar-refractivity contribution in [3.05, 3.63) is 0 Å². The molecule has 0 aromatic heterocycles. The van der Waals surface area contributed by atoms with Crippen molar-refractivity contribution in [2.45, 2.75) is 63.7 Å². The first-order chi connectivity index (χ1) is 15.1. The van der Waals surface area contributed by atoms with Crippen LogP contribution in [0.2, 0.25) is 0 Å². The Morgan fingerprint density at radius 1 is 0.727 bits per heavy atom. The van der Waals surface area contributed by atoms with E-state index in [9.17, 15) is 33.6 Å². The van der Waals surface area contributed by atoms with E-state index in [4.69, 9.17) is 28.0 Å². The molecular formula is C18H31N7O8. The maximum atomic E-state index is 12.8. The molecule has 0 aromatic rings. The summed E-state index contributed by atoms with van der Waals surface area (Å²) in [5.41, 5.74) is 20.6. The summed E-state index contributed by atoms with van der Waals surface area (Å²) in [7, 11) is 0. The minimum Gasteiger partial charge on any atom is -0.480 e. The number of aliphatic carboxylic acids is 1. The van der Waals surface area contributed by atoms with Gasteiger partial charge in [0.25, 0.3) is 0 Å². The lowest BCUT2D eigenvalue weighted by molar-refractivity contribution is -0.144. The van der Waals surface area contributed by atoms with Crippen molar-refractivity contribution < 1.29 is 38.7 Å². The van der Waals surface area contributed by atoms with Gasteiger partial charge in [-0.2, -0.15) is 0 Å². The van der Waals surface area contributed by atoms with Crippen molar-refractivity contribution >= 4 is 41.4 Å². The number of carboxylic acid groups (broad SMARTS) is 1. The number of rotatable bonds is 15. The summed E-state index contributed by atoms with van der Waals surface area (Å²) in [6.07, 6.45) is -1.72. The molecule has 0 fully saturated rings. The van der Waals surface area contributed by atoms with Crippen LogP contribution in [-0.4, -0.2) is 70.7 Å². The van der Waals surface area contributed by atoms with E-state index in [1.165, 1.54) is 0 Å². The third-order valence-corrected chi connectivity index (χ3v) is 4.34. The number of primary amides is 3. The molecule has 186 valence electrons. The third-order valence-electron chi connectivity index (χ3n) is 4.34. The first-order valence-corrected chi connectivity index (χ1v) is 9.90. The van der Waals surface area contributed by atoms with Gasteiger partial charge < -0.3 is 44.0 Å². The normalized spacial score (nSPS) is 14.3. The van der Waals surface area contributed by atoms with Crippen LogP contribution in [0.3, 0.4) is 0 Å². The average molecular weight is 473 g/mol. The van der Waals surface area contributed by atoms with Gasteiger partial charge in [-0.3, -0.25) is 28.8 Å². The predicted octanol–water partition coefficient (Wildman–Crippen LogP) is -4.48. The van der Waals surface area contributed by atoms with Crippen LogP contribution in [0.15, 0.2) is 0 Å². The summed E-state index contributed by atoms with van der Waals surface area (Å²) >= 11 is 0. The summed E-state index contributed by atoms with van der Waals surface area (Å²) in [5.74, 6) is -7.36. The van der Waals surface area contributed by atoms with Crippen molar-refractivity contribution in [1.29, 1.82) is 0 Å². The fourth-order valence-corrected chi connectivity index (χ4v) is 2.60. The van der Waals surface area contributed by atoms with Gasteiger partial charge in [0.2, 0.25) is 35.4 Å². The molecule has 0 bridgehead atoms. The van der Waals surface area contributed by atoms with Crippen LogP contribution in [0, 0.1) is 5.92 Å². The zero-order valence-electron chi connectivity index (χ0n) is 18.3. The van der Waals surface area contributed by atoms with Gasteiger partial charge in [0.05, 0.1) is 18.9 Å². The minimum atomic E-state index is -1.62. The largest absolute Gasteiger partial charge is 0.480 e. The molecule has 0 saturated carbocycles. The number of carbonyl (C=O) groups excluding carboxylic acids is 6. The molecule has 4 unspecified atom stereocenters. The molecule has 0 rings (SSSR count). The highest BCUT2D eigenvalue weighted by Gasteiger charge is 2.32. The molecule has 0 aliphatic heterocycles. The Labute approximate surface area is 189 Å². The van der Waals surface area contributed by atoms with E-state index in [2.05, 4.69) is 16.0 Å². The summed E-state index contributed by atoms with van der Waals surface area (Å²) in [4.78, 5) is 81.9. The number of amides is 6. The number of hydrogen-bond acceptors (Lipinski definition) is 8. The Balaban J connectivity index is 5.52. The molecule has 0 heterocycles. The number of nitrogens with two attached hydrogens (primary N) is 4. The smallest absolute Gasteiger partial charge is 0.326 e. The average Bonchev–Trinajstić information content (AvgIpc) is 2.66. The van der Waals surface area contributed by atoms with Gasteiger partial charge >= 0.3 is 5.97 Å². The molecule has 0 aliphatic rings. The molecule has 12 N–H and O–H groups in total. The summed E-state index contributed by atoms with van der Waals surface area (Å²) in [5, 5.41) is 15.9. The van der Waals surface area contributed by atoms with Crippen molar-refractivity contribution in [2.24, 2.45) is 28.9 Å². The van der Waals surface area contributed by atoms with Crippen molar-refractivity contribution in [3.8, 4) is 0 Å². The van der Waals surface area contributed by atoms with Crippen LogP contribution in [0.25, 0.3) is 0 Å². The molecule has 0 radical (unpaired) electrons. The Morgan fingerprint density at radius 3 is 1.67 bits per heavy atom. The first kappa shape index (κ1) is 29.2. The zero-order valence-corrected chi connectivity index (χ0v) is 18.3. The van der Waals surface area contributed by atoms with E-state index in [0.29, 0.717) is 0 Å². The lowest BCUT2D eigenvalue weighted by Crippen LogP contribution is -2.58. The van der Waals surface area contributed by atoms with Crippen molar-refractivity contribution in [3.63, 3.8) is 0 Å². The molecular weight excluding hydrogens is 442 g/mol. The van der Waals surface area contributed by atoms with Gasteiger partial charge in [0, 0.05) is 6.42 Å². The lowest BCUT2D eigenvalue weighted by atomic mass is 10.0. The fraction of sp³-hybridized carbons (Fsp3) is 0.611. The second kappa shape index (κ2) is 13.6. The highest BCUT2D eigenvalue weighted by molar-refractivity contribution is 5.95. The van der Waals surface area contributed by atoms with Gasteiger partial charge in [-0.25, -0.2) is 4.79 Å². The van der Waals surface area contributed by atoms with E-state index < -0.39 is 84.3 Å². The SMILES string of the molecule is CC(C)C(NC(=O)C(CCC(N)=O)NC(=O)C(N)CC(N)=O)C(=O)NC(CC(N)=O)C(=O)O. The molecule has 0 aliphatic carbocycles. The van der Waals surface area contributed by atoms with Gasteiger partial charge in [0.15, 0.2) is 0 Å². The van der Waals surface area contributed by atoms with E-state index in [1.54, 1.807) is 13.8 Å². The summed E-state index contributed by atoms with van der Waals surface area (Å²) < 4.78 is 0. The van der Waals surface area contributed by atoms with Crippen molar-refractivity contribution in [2.75, 3.05) is 0 Å². The highest BCUT2D eigenvalue weighted by atomic mass is 16.4. The Hall–Kier alpha value is -3.75. The molecule has 15 nitrogen and oxygen atoms in total. The number of hydrogen-bond donors (Lipinski definition) is 8. The maximum absolute atomic E-state index is 12.8. The van der Waals surface area contributed by atoms with Gasteiger partial charge in [0.1, 0.15) is 18.1 Å². The zero-order chi connectivity index (χ0) is 25.9.